The summed E-state index contributed by atoms with van der Waals surface area (Å²) in [6.45, 7) is 7.73. The molecular weight excluding hydrogens is 279 g/mol. The third-order valence-electron chi connectivity index (χ3n) is 4.20. The van der Waals surface area contributed by atoms with Crippen molar-refractivity contribution in [3.63, 3.8) is 0 Å². The van der Waals surface area contributed by atoms with Crippen LogP contribution in [0.2, 0.25) is 0 Å². The van der Waals surface area contributed by atoms with Crippen LogP contribution in [0.4, 0.5) is 4.39 Å². The molecule has 116 valence electrons. The van der Waals surface area contributed by atoms with Crippen LogP contribution in [0, 0.1) is 25.1 Å². The van der Waals surface area contributed by atoms with Gasteiger partial charge in [-0.2, -0.15) is 0 Å². The lowest BCUT2D eigenvalue weighted by Crippen LogP contribution is -2.44. The van der Waals surface area contributed by atoms with E-state index in [4.69, 9.17) is 9.47 Å². The zero-order valence-electron chi connectivity index (χ0n) is 13.3. The molecule has 2 aromatic rings. The first-order chi connectivity index (χ1) is 10.5. The summed E-state index contributed by atoms with van der Waals surface area (Å²) in [5, 5.41) is 0. The Bertz CT molecular complexity index is 676. The second-order valence-electron chi connectivity index (χ2n) is 6.46. The number of rotatable bonds is 4. The van der Waals surface area contributed by atoms with E-state index in [9.17, 15) is 4.39 Å². The van der Waals surface area contributed by atoms with Crippen molar-refractivity contribution in [3.05, 3.63) is 53.3 Å². The fraction of sp³-hybridized carbons (Fsp3) is 0.368. The standard InChI is InChI=1S/C19H21FO2/c1-13-9-16(22-12-19(3)10-21-11-19)18(20)14(2)17(13)15-7-5-4-6-8-15/h4-9H,10-12H2,1-3H3. The van der Waals surface area contributed by atoms with Crippen molar-refractivity contribution in [2.75, 3.05) is 19.8 Å². The van der Waals surface area contributed by atoms with Gasteiger partial charge in [0.2, 0.25) is 0 Å². The molecule has 0 radical (unpaired) electrons. The number of halogens is 1. The fourth-order valence-electron chi connectivity index (χ4n) is 2.86. The molecule has 22 heavy (non-hydrogen) atoms. The Morgan fingerprint density at radius 1 is 1.18 bits per heavy atom. The molecule has 1 heterocycles. The third kappa shape index (κ3) is 2.73. The van der Waals surface area contributed by atoms with Crippen LogP contribution in [0.15, 0.2) is 36.4 Å². The van der Waals surface area contributed by atoms with Gasteiger partial charge in [0.05, 0.1) is 19.8 Å². The highest BCUT2D eigenvalue weighted by atomic mass is 19.1. The number of benzene rings is 2. The first-order valence-electron chi connectivity index (χ1n) is 7.56. The van der Waals surface area contributed by atoms with Crippen LogP contribution in [0.5, 0.6) is 5.75 Å². The Morgan fingerprint density at radius 3 is 2.45 bits per heavy atom. The van der Waals surface area contributed by atoms with Gasteiger partial charge in [-0.05, 0) is 42.2 Å². The van der Waals surface area contributed by atoms with Crippen LogP contribution in [-0.4, -0.2) is 19.8 Å². The summed E-state index contributed by atoms with van der Waals surface area (Å²) in [6, 6.07) is 11.7. The second kappa shape index (κ2) is 5.73. The molecule has 0 N–H and O–H groups in total. The van der Waals surface area contributed by atoms with Crippen LogP contribution in [0.25, 0.3) is 11.1 Å². The maximum absolute atomic E-state index is 14.7. The molecule has 2 nitrogen and oxygen atoms in total. The van der Waals surface area contributed by atoms with Crippen molar-refractivity contribution < 1.29 is 13.9 Å². The molecular formula is C19H21FO2. The highest BCUT2D eigenvalue weighted by molar-refractivity contribution is 5.72. The predicted molar refractivity (Wildman–Crippen MR) is 85.7 cm³/mol. The van der Waals surface area contributed by atoms with Crippen molar-refractivity contribution in [3.8, 4) is 16.9 Å². The van der Waals surface area contributed by atoms with Crippen LogP contribution in [-0.2, 0) is 4.74 Å². The number of ether oxygens (including phenoxy) is 2. The van der Waals surface area contributed by atoms with Gasteiger partial charge in [0, 0.05) is 5.41 Å². The Kier molecular flexibility index (Phi) is 3.92. The van der Waals surface area contributed by atoms with Gasteiger partial charge in [0.1, 0.15) is 0 Å². The summed E-state index contributed by atoms with van der Waals surface area (Å²) in [6.07, 6.45) is 0. The molecule has 0 aliphatic carbocycles. The van der Waals surface area contributed by atoms with Crippen molar-refractivity contribution in [1.29, 1.82) is 0 Å². The summed E-state index contributed by atoms with van der Waals surface area (Å²) in [4.78, 5) is 0. The molecule has 3 rings (SSSR count). The summed E-state index contributed by atoms with van der Waals surface area (Å²) < 4.78 is 25.6. The maximum atomic E-state index is 14.7. The van der Waals surface area contributed by atoms with Crippen LogP contribution in [0.3, 0.4) is 0 Å². The Labute approximate surface area is 130 Å². The molecule has 1 aliphatic heterocycles. The Balaban J connectivity index is 1.91. The van der Waals surface area contributed by atoms with Gasteiger partial charge in [0.25, 0.3) is 0 Å². The average molecular weight is 300 g/mol. The van der Waals surface area contributed by atoms with Gasteiger partial charge in [-0.1, -0.05) is 37.3 Å². The molecule has 1 aliphatic rings. The quantitative estimate of drug-likeness (QED) is 0.826. The van der Waals surface area contributed by atoms with Gasteiger partial charge in [-0.3, -0.25) is 0 Å². The summed E-state index contributed by atoms with van der Waals surface area (Å²) in [5.41, 5.74) is 3.64. The topological polar surface area (TPSA) is 18.5 Å². The van der Waals surface area contributed by atoms with E-state index in [1.165, 1.54) is 0 Å². The van der Waals surface area contributed by atoms with Crippen molar-refractivity contribution in [1.82, 2.24) is 0 Å². The first kappa shape index (κ1) is 15.0. The molecule has 0 unspecified atom stereocenters. The molecule has 2 aromatic carbocycles. The minimum absolute atomic E-state index is 0.00630. The van der Waals surface area contributed by atoms with E-state index in [1.807, 2.05) is 44.2 Å². The van der Waals surface area contributed by atoms with Crippen LogP contribution >= 0.6 is 0 Å². The van der Waals surface area contributed by atoms with E-state index < -0.39 is 0 Å². The van der Waals surface area contributed by atoms with E-state index >= 15 is 0 Å². The fourth-order valence-corrected chi connectivity index (χ4v) is 2.86. The average Bonchev–Trinajstić information content (AvgIpc) is 2.49. The minimum atomic E-state index is -0.270. The lowest BCUT2D eigenvalue weighted by molar-refractivity contribution is -0.120. The van der Waals surface area contributed by atoms with E-state index in [-0.39, 0.29) is 11.2 Å². The highest BCUT2D eigenvalue weighted by Crippen LogP contribution is 2.35. The maximum Gasteiger partial charge on any atom is 0.168 e. The van der Waals surface area contributed by atoms with Crippen LogP contribution in [0.1, 0.15) is 18.1 Å². The molecule has 0 aromatic heterocycles. The summed E-state index contributed by atoms with van der Waals surface area (Å²) in [5.74, 6) is 0.0658. The molecule has 0 saturated carbocycles. The summed E-state index contributed by atoms with van der Waals surface area (Å²) in [7, 11) is 0. The molecule has 1 saturated heterocycles. The van der Waals surface area contributed by atoms with E-state index in [1.54, 1.807) is 6.07 Å². The normalized spacial score (nSPS) is 16.2. The smallest absolute Gasteiger partial charge is 0.168 e. The van der Waals surface area contributed by atoms with Crippen LogP contribution < -0.4 is 4.74 Å². The third-order valence-corrected chi connectivity index (χ3v) is 4.20. The zero-order chi connectivity index (χ0) is 15.7. The second-order valence-corrected chi connectivity index (χ2v) is 6.46. The molecule has 0 atom stereocenters. The summed E-state index contributed by atoms with van der Waals surface area (Å²) >= 11 is 0. The largest absolute Gasteiger partial charge is 0.490 e. The predicted octanol–water partition coefficient (Wildman–Crippen LogP) is 4.52. The van der Waals surface area contributed by atoms with Gasteiger partial charge in [-0.15, -0.1) is 0 Å². The minimum Gasteiger partial charge on any atom is -0.490 e. The van der Waals surface area contributed by atoms with E-state index in [2.05, 4.69) is 6.92 Å². The van der Waals surface area contributed by atoms with Gasteiger partial charge in [0.15, 0.2) is 11.6 Å². The van der Waals surface area contributed by atoms with Gasteiger partial charge >= 0.3 is 0 Å². The van der Waals surface area contributed by atoms with Crippen molar-refractivity contribution in [2.45, 2.75) is 20.8 Å². The lowest BCUT2D eigenvalue weighted by atomic mass is 9.90. The zero-order valence-corrected chi connectivity index (χ0v) is 13.3. The Morgan fingerprint density at radius 2 is 1.86 bits per heavy atom. The molecule has 1 fully saturated rings. The molecule has 0 bridgehead atoms. The van der Waals surface area contributed by atoms with E-state index in [0.717, 1.165) is 16.7 Å². The molecule has 0 spiro atoms. The van der Waals surface area contributed by atoms with Gasteiger partial charge in [-0.25, -0.2) is 4.39 Å². The Hall–Kier alpha value is -1.87. The first-order valence-corrected chi connectivity index (χ1v) is 7.56. The van der Waals surface area contributed by atoms with Crippen molar-refractivity contribution in [2.24, 2.45) is 5.41 Å². The number of hydrogen-bond donors (Lipinski definition) is 0. The van der Waals surface area contributed by atoms with Crippen molar-refractivity contribution >= 4 is 0 Å². The molecule has 0 amide bonds. The number of hydrogen-bond acceptors (Lipinski definition) is 2. The van der Waals surface area contributed by atoms with E-state index in [0.29, 0.717) is 31.1 Å². The molecule has 3 heteroatoms. The highest BCUT2D eigenvalue weighted by Gasteiger charge is 2.34. The lowest BCUT2D eigenvalue weighted by Gasteiger charge is -2.37. The van der Waals surface area contributed by atoms with Gasteiger partial charge < -0.3 is 9.47 Å². The number of aryl methyl sites for hydroxylation is 1. The SMILES string of the molecule is Cc1cc(OCC2(C)COC2)c(F)c(C)c1-c1ccccc1. The monoisotopic (exact) mass is 300 g/mol.